The smallest absolute Gasteiger partial charge is 0.235 e. The topological polar surface area (TPSA) is 62.3 Å². The molecule has 1 N–H and O–H groups in total. The monoisotopic (exact) mass is 287 g/mol. The number of nitrogens with zero attached hydrogens (tertiary/aromatic N) is 2. The van der Waals surface area contributed by atoms with Crippen molar-refractivity contribution in [1.82, 2.24) is 10.3 Å². The predicted molar refractivity (Wildman–Crippen MR) is 76.6 cm³/mol. The van der Waals surface area contributed by atoms with Crippen LogP contribution < -0.4 is 10.2 Å². The fraction of sp³-hybridized carbons (Fsp3) is 0.357. The molecule has 102 valence electrons. The number of imide groups is 1. The van der Waals surface area contributed by atoms with E-state index >= 15 is 0 Å². The SMILES string of the molecule is O=C1CC2(CCN(c3ccc4scnc4c3)C2)C(=O)N1. The van der Waals surface area contributed by atoms with Crippen molar-refractivity contribution in [2.45, 2.75) is 12.8 Å². The molecule has 0 bridgehead atoms. The molecule has 0 aliphatic carbocycles. The molecule has 2 fully saturated rings. The maximum atomic E-state index is 12.0. The van der Waals surface area contributed by atoms with Crippen molar-refractivity contribution in [1.29, 1.82) is 0 Å². The van der Waals surface area contributed by atoms with Gasteiger partial charge in [-0.2, -0.15) is 0 Å². The largest absolute Gasteiger partial charge is 0.370 e. The van der Waals surface area contributed by atoms with Gasteiger partial charge in [-0.25, -0.2) is 4.98 Å². The number of aromatic nitrogens is 1. The molecule has 2 aliphatic heterocycles. The zero-order chi connectivity index (χ0) is 13.7. The van der Waals surface area contributed by atoms with E-state index in [0.717, 1.165) is 28.9 Å². The summed E-state index contributed by atoms with van der Waals surface area (Å²) in [6.45, 7) is 1.41. The molecule has 4 rings (SSSR count). The summed E-state index contributed by atoms with van der Waals surface area (Å²) >= 11 is 1.62. The maximum absolute atomic E-state index is 12.0. The van der Waals surface area contributed by atoms with Crippen LogP contribution in [-0.2, 0) is 9.59 Å². The lowest BCUT2D eigenvalue weighted by molar-refractivity contribution is -0.127. The van der Waals surface area contributed by atoms with Crippen molar-refractivity contribution in [3.63, 3.8) is 0 Å². The molecule has 0 radical (unpaired) electrons. The molecule has 1 unspecified atom stereocenters. The molecule has 3 heterocycles. The van der Waals surface area contributed by atoms with Crippen LogP contribution in [0.4, 0.5) is 5.69 Å². The third-order valence-corrected chi connectivity index (χ3v) is 5.08. The quantitative estimate of drug-likeness (QED) is 0.808. The van der Waals surface area contributed by atoms with Crippen LogP contribution in [0, 0.1) is 5.41 Å². The van der Waals surface area contributed by atoms with E-state index in [-0.39, 0.29) is 11.8 Å². The van der Waals surface area contributed by atoms with Gasteiger partial charge in [0.25, 0.3) is 0 Å². The zero-order valence-electron chi connectivity index (χ0n) is 10.8. The molecule has 1 aromatic carbocycles. The first kappa shape index (κ1) is 11.8. The van der Waals surface area contributed by atoms with Crippen molar-refractivity contribution >= 4 is 39.1 Å². The Labute approximate surface area is 119 Å². The van der Waals surface area contributed by atoms with E-state index in [1.165, 1.54) is 0 Å². The summed E-state index contributed by atoms with van der Waals surface area (Å²) in [4.78, 5) is 29.9. The number of thiazole rings is 1. The van der Waals surface area contributed by atoms with Crippen LogP contribution in [0.3, 0.4) is 0 Å². The Morgan fingerprint density at radius 3 is 3.05 bits per heavy atom. The number of rotatable bonds is 1. The highest BCUT2D eigenvalue weighted by molar-refractivity contribution is 7.16. The van der Waals surface area contributed by atoms with E-state index < -0.39 is 5.41 Å². The number of hydrogen-bond donors (Lipinski definition) is 1. The van der Waals surface area contributed by atoms with Gasteiger partial charge in [0.15, 0.2) is 0 Å². The Bertz CT molecular complexity index is 726. The van der Waals surface area contributed by atoms with Crippen molar-refractivity contribution in [3.8, 4) is 0 Å². The number of nitrogens with one attached hydrogen (secondary N) is 1. The van der Waals surface area contributed by atoms with Crippen molar-refractivity contribution in [3.05, 3.63) is 23.7 Å². The lowest BCUT2D eigenvalue weighted by Gasteiger charge is -2.22. The number of anilines is 1. The van der Waals surface area contributed by atoms with Gasteiger partial charge in [-0.15, -0.1) is 11.3 Å². The lowest BCUT2D eigenvalue weighted by atomic mass is 9.85. The van der Waals surface area contributed by atoms with Gasteiger partial charge in [0.05, 0.1) is 21.1 Å². The number of benzene rings is 1. The molecular weight excluding hydrogens is 274 g/mol. The highest BCUT2D eigenvalue weighted by Crippen LogP contribution is 2.40. The van der Waals surface area contributed by atoms with Gasteiger partial charge in [-0.05, 0) is 24.6 Å². The number of amides is 2. The minimum atomic E-state index is -0.520. The van der Waals surface area contributed by atoms with Crippen LogP contribution in [0.25, 0.3) is 10.2 Å². The molecule has 2 aromatic rings. The van der Waals surface area contributed by atoms with Crippen molar-refractivity contribution < 1.29 is 9.59 Å². The fourth-order valence-corrected chi connectivity index (χ4v) is 3.82. The minimum Gasteiger partial charge on any atom is -0.370 e. The summed E-state index contributed by atoms with van der Waals surface area (Å²) in [5, 5.41) is 2.43. The molecule has 2 amide bonds. The molecule has 6 heteroatoms. The van der Waals surface area contributed by atoms with Gasteiger partial charge in [0.1, 0.15) is 0 Å². The van der Waals surface area contributed by atoms with Gasteiger partial charge in [-0.1, -0.05) is 0 Å². The van der Waals surface area contributed by atoms with E-state index in [9.17, 15) is 9.59 Å². The van der Waals surface area contributed by atoms with Gasteiger partial charge in [0.2, 0.25) is 11.8 Å². The molecular formula is C14H13N3O2S. The van der Waals surface area contributed by atoms with E-state index in [0.29, 0.717) is 13.0 Å². The Hall–Kier alpha value is -1.95. The predicted octanol–water partition coefficient (Wildman–Crippen LogP) is 1.54. The zero-order valence-corrected chi connectivity index (χ0v) is 11.6. The second kappa shape index (κ2) is 4.02. The average molecular weight is 287 g/mol. The molecule has 1 atom stereocenters. The van der Waals surface area contributed by atoms with Crippen LogP contribution >= 0.6 is 11.3 Å². The van der Waals surface area contributed by atoms with Crippen LogP contribution in [0.15, 0.2) is 23.7 Å². The fourth-order valence-electron chi connectivity index (χ4n) is 3.16. The summed E-state index contributed by atoms with van der Waals surface area (Å²) < 4.78 is 1.16. The Morgan fingerprint density at radius 1 is 1.35 bits per heavy atom. The van der Waals surface area contributed by atoms with E-state index in [4.69, 9.17) is 0 Å². The van der Waals surface area contributed by atoms with Crippen LogP contribution in [0.2, 0.25) is 0 Å². The second-order valence-corrected chi connectivity index (χ2v) is 6.40. The molecule has 2 aliphatic rings. The first-order valence-corrected chi connectivity index (χ1v) is 7.47. The normalized spacial score (nSPS) is 25.9. The van der Waals surface area contributed by atoms with Gasteiger partial charge < -0.3 is 4.90 Å². The molecule has 2 saturated heterocycles. The third kappa shape index (κ3) is 1.64. The van der Waals surface area contributed by atoms with Crippen LogP contribution in [-0.4, -0.2) is 29.9 Å². The van der Waals surface area contributed by atoms with Crippen LogP contribution in [0.1, 0.15) is 12.8 Å². The number of carbonyl (C=O) groups excluding carboxylic acids is 2. The first-order chi connectivity index (χ1) is 9.66. The van der Waals surface area contributed by atoms with Gasteiger partial charge >= 0.3 is 0 Å². The highest BCUT2D eigenvalue weighted by Gasteiger charge is 2.50. The van der Waals surface area contributed by atoms with E-state index in [1.807, 2.05) is 5.51 Å². The summed E-state index contributed by atoms with van der Waals surface area (Å²) in [7, 11) is 0. The number of hydrogen-bond acceptors (Lipinski definition) is 5. The van der Waals surface area contributed by atoms with Gasteiger partial charge in [0, 0.05) is 25.2 Å². The standard InChI is InChI=1S/C14H13N3O2S/c18-12-6-14(13(19)16-12)3-4-17(7-14)9-1-2-11-10(5-9)15-8-20-11/h1-2,5,8H,3-4,6-7H2,(H,16,18,19). The molecule has 1 spiro atoms. The number of fused-ring (bicyclic) bond motifs is 1. The maximum Gasteiger partial charge on any atom is 0.235 e. The lowest BCUT2D eigenvalue weighted by Crippen LogP contribution is -2.34. The molecule has 1 aromatic heterocycles. The molecule has 5 nitrogen and oxygen atoms in total. The Kier molecular flexibility index (Phi) is 2.38. The van der Waals surface area contributed by atoms with Crippen molar-refractivity contribution in [2.24, 2.45) is 5.41 Å². The second-order valence-electron chi connectivity index (χ2n) is 5.51. The first-order valence-electron chi connectivity index (χ1n) is 6.59. The third-order valence-electron chi connectivity index (χ3n) is 4.27. The Balaban J connectivity index is 1.64. The molecule has 0 saturated carbocycles. The summed E-state index contributed by atoms with van der Waals surface area (Å²) in [5.74, 6) is -0.258. The average Bonchev–Trinajstić information content (AvgIpc) is 3.09. The van der Waals surface area contributed by atoms with Crippen LogP contribution in [0.5, 0.6) is 0 Å². The Morgan fingerprint density at radius 2 is 2.25 bits per heavy atom. The highest BCUT2D eigenvalue weighted by atomic mass is 32.1. The summed E-state index contributed by atoms with van der Waals surface area (Å²) in [5.41, 5.74) is 3.38. The number of carbonyl (C=O) groups is 2. The van der Waals surface area contributed by atoms with E-state index in [2.05, 4.69) is 33.4 Å². The summed E-state index contributed by atoms with van der Waals surface area (Å²) in [6, 6.07) is 6.18. The van der Waals surface area contributed by atoms with Crippen molar-refractivity contribution in [2.75, 3.05) is 18.0 Å². The summed E-state index contributed by atoms with van der Waals surface area (Å²) in [6.07, 6.45) is 1.06. The molecule has 20 heavy (non-hydrogen) atoms. The van der Waals surface area contributed by atoms with Gasteiger partial charge in [-0.3, -0.25) is 14.9 Å². The minimum absolute atomic E-state index is 0.111. The van der Waals surface area contributed by atoms with E-state index in [1.54, 1.807) is 11.3 Å².